The topological polar surface area (TPSA) is 106 Å². The second-order valence-electron chi connectivity index (χ2n) is 6.83. The SMILES string of the molecule is COc1cc2nc(N3CCN(C(N)=O)CC3)nc(NC3CC3)c2cc1OC. The van der Waals surface area contributed by atoms with Gasteiger partial charge in [0, 0.05) is 43.7 Å². The summed E-state index contributed by atoms with van der Waals surface area (Å²) in [5, 5.41) is 4.40. The van der Waals surface area contributed by atoms with E-state index in [4.69, 9.17) is 25.2 Å². The number of hydrogen-bond acceptors (Lipinski definition) is 7. The highest BCUT2D eigenvalue weighted by Crippen LogP contribution is 2.36. The summed E-state index contributed by atoms with van der Waals surface area (Å²) in [6.07, 6.45) is 2.29. The highest BCUT2D eigenvalue weighted by molar-refractivity contribution is 5.93. The van der Waals surface area contributed by atoms with Gasteiger partial charge >= 0.3 is 6.03 Å². The van der Waals surface area contributed by atoms with E-state index in [1.54, 1.807) is 19.1 Å². The number of rotatable bonds is 5. The average Bonchev–Trinajstić information content (AvgIpc) is 3.50. The van der Waals surface area contributed by atoms with Gasteiger partial charge in [0.1, 0.15) is 5.82 Å². The molecule has 27 heavy (non-hydrogen) atoms. The first-order chi connectivity index (χ1) is 13.1. The Bertz CT molecular complexity index is 862. The van der Waals surface area contributed by atoms with Crippen LogP contribution in [0.2, 0.25) is 0 Å². The molecule has 2 aromatic rings. The molecule has 4 rings (SSSR count). The first-order valence-corrected chi connectivity index (χ1v) is 9.08. The number of carbonyl (C=O) groups is 1. The van der Waals surface area contributed by atoms with Crippen LogP contribution in [0.15, 0.2) is 12.1 Å². The molecule has 2 fully saturated rings. The molecular weight excluding hydrogens is 348 g/mol. The van der Waals surface area contributed by atoms with Crippen molar-refractivity contribution < 1.29 is 14.3 Å². The number of carbonyl (C=O) groups excluding carboxylic acids is 1. The molecule has 9 nitrogen and oxygen atoms in total. The minimum Gasteiger partial charge on any atom is -0.493 e. The lowest BCUT2D eigenvalue weighted by atomic mass is 10.2. The van der Waals surface area contributed by atoms with E-state index in [1.807, 2.05) is 12.1 Å². The molecule has 9 heteroatoms. The predicted molar refractivity (Wildman–Crippen MR) is 103 cm³/mol. The molecule has 1 aromatic carbocycles. The zero-order valence-corrected chi connectivity index (χ0v) is 15.6. The van der Waals surface area contributed by atoms with Crippen LogP contribution >= 0.6 is 0 Å². The number of amides is 2. The fourth-order valence-corrected chi connectivity index (χ4v) is 3.24. The van der Waals surface area contributed by atoms with Crippen molar-refractivity contribution in [2.75, 3.05) is 50.6 Å². The van der Waals surface area contributed by atoms with Crippen LogP contribution in [0.3, 0.4) is 0 Å². The molecule has 3 N–H and O–H groups in total. The minimum absolute atomic E-state index is 0.387. The number of primary amides is 1. The zero-order valence-electron chi connectivity index (χ0n) is 15.6. The van der Waals surface area contributed by atoms with Crippen molar-refractivity contribution in [2.24, 2.45) is 5.73 Å². The minimum atomic E-state index is -0.387. The number of nitrogens with two attached hydrogens (primary N) is 1. The molecule has 144 valence electrons. The van der Waals surface area contributed by atoms with Crippen LogP contribution in [0.1, 0.15) is 12.8 Å². The third-order valence-corrected chi connectivity index (χ3v) is 4.98. The van der Waals surface area contributed by atoms with Crippen molar-refractivity contribution in [3.8, 4) is 11.5 Å². The highest BCUT2D eigenvalue weighted by atomic mass is 16.5. The van der Waals surface area contributed by atoms with Crippen LogP contribution in [0.25, 0.3) is 10.9 Å². The second-order valence-corrected chi connectivity index (χ2v) is 6.83. The Morgan fingerprint density at radius 3 is 2.37 bits per heavy atom. The van der Waals surface area contributed by atoms with Crippen molar-refractivity contribution in [2.45, 2.75) is 18.9 Å². The van der Waals surface area contributed by atoms with Crippen LogP contribution in [-0.4, -0.2) is 67.3 Å². The molecule has 1 aliphatic carbocycles. The van der Waals surface area contributed by atoms with Crippen LogP contribution in [0, 0.1) is 0 Å². The largest absolute Gasteiger partial charge is 0.493 e. The number of benzene rings is 1. The quantitative estimate of drug-likeness (QED) is 0.817. The van der Waals surface area contributed by atoms with Gasteiger partial charge in [-0.15, -0.1) is 0 Å². The number of anilines is 2. The number of nitrogens with zero attached hydrogens (tertiary/aromatic N) is 4. The number of nitrogens with one attached hydrogen (secondary N) is 1. The van der Waals surface area contributed by atoms with Crippen molar-refractivity contribution in [3.63, 3.8) is 0 Å². The summed E-state index contributed by atoms with van der Waals surface area (Å²) in [5.41, 5.74) is 6.16. The highest BCUT2D eigenvalue weighted by Gasteiger charge is 2.26. The second kappa shape index (κ2) is 6.98. The number of piperazine rings is 1. The molecule has 2 amide bonds. The van der Waals surface area contributed by atoms with Crippen LogP contribution in [0.4, 0.5) is 16.6 Å². The van der Waals surface area contributed by atoms with Crippen molar-refractivity contribution >= 4 is 28.7 Å². The Hall–Kier alpha value is -2.97. The summed E-state index contributed by atoms with van der Waals surface area (Å²) in [7, 11) is 3.23. The lowest BCUT2D eigenvalue weighted by Gasteiger charge is -2.34. The van der Waals surface area contributed by atoms with Crippen LogP contribution in [0.5, 0.6) is 11.5 Å². The molecular formula is C18H24N6O3. The van der Waals surface area contributed by atoms with E-state index >= 15 is 0 Å². The molecule has 2 aliphatic rings. The van der Waals surface area contributed by atoms with E-state index in [0.717, 1.165) is 29.6 Å². The van der Waals surface area contributed by atoms with Crippen molar-refractivity contribution in [1.29, 1.82) is 0 Å². The van der Waals surface area contributed by atoms with Crippen LogP contribution < -0.4 is 25.4 Å². The summed E-state index contributed by atoms with van der Waals surface area (Å²) in [5.74, 6) is 2.72. The average molecular weight is 372 g/mol. The van der Waals surface area contributed by atoms with E-state index in [1.165, 1.54) is 0 Å². The van der Waals surface area contributed by atoms with Gasteiger partial charge < -0.3 is 30.3 Å². The normalized spacial score (nSPS) is 17.1. The maximum Gasteiger partial charge on any atom is 0.314 e. The molecule has 0 radical (unpaired) electrons. The summed E-state index contributed by atoms with van der Waals surface area (Å²) in [6.45, 7) is 2.41. The number of ether oxygens (including phenoxy) is 2. The van der Waals surface area contributed by atoms with Gasteiger partial charge in [-0.05, 0) is 18.9 Å². The van der Waals surface area contributed by atoms with E-state index in [9.17, 15) is 4.79 Å². The first kappa shape index (κ1) is 17.4. The predicted octanol–water partition coefficient (Wildman–Crippen LogP) is 1.42. The number of methoxy groups -OCH3 is 2. The van der Waals surface area contributed by atoms with Crippen molar-refractivity contribution in [3.05, 3.63) is 12.1 Å². The number of urea groups is 1. The van der Waals surface area contributed by atoms with Gasteiger partial charge in [-0.1, -0.05) is 0 Å². The molecule has 1 aliphatic heterocycles. The summed E-state index contributed by atoms with van der Waals surface area (Å²) in [6, 6.07) is 3.85. The van der Waals surface area contributed by atoms with E-state index in [-0.39, 0.29) is 6.03 Å². The number of fused-ring (bicyclic) bond motifs is 1. The standard InChI is InChI=1S/C18H24N6O3/c1-26-14-9-12-13(10-15(14)27-2)21-18(22-16(12)20-11-3-4-11)24-7-5-23(6-8-24)17(19)25/h9-11H,3-8H2,1-2H3,(H2,19,25)(H,20,21,22). The molecule has 0 unspecified atom stereocenters. The maximum absolute atomic E-state index is 11.3. The number of aromatic nitrogens is 2. The van der Waals surface area contributed by atoms with Gasteiger partial charge in [-0.2, -0.15) is 4.98 Å². The lowest BCUT2D eigenvalue weighted by Crippen LogP contribution is -2.51. The van der Waals surface area contributed by atoms with Gasteiger partial charge in [0.15, 0.2) is 11.5 Å². The van der Waals surface area contributed by atoms with Crippen molar-refractivity contribution in [1.82, 2.24) is 14.9 Å². The monoisotopic (exact) mass is 372 g/mol. The third kappa shape index (κ3) is 3.49. The Labute approximate surface area is 157 Å². The van der Waals surface area contributed by atoms with E-state index in [2.05, 4.69) is 10.2 Å². The van der Waals surface area contributed by atoms with Gasteiger partial charge in [0.2, 0.25) is 5.95 Å². The third-order valence-electron chi connectivity index (χ3n) is 4.98. The molecule has 0 atom stereocenters. The molecule has 1 saturated carbocycles. The molecule has 1 aromatic heterocycles. The summed E-state index contributed by atoms with van der Waals surface area (Å²) in [4.78, 5) is 24.6. The summed E-state index contributed by atoms with van der Waals surface area (Å²) >= 11 is 0. The smallest absolute Gasteiger partial charge is 0.314 e. The Kier molecular flexibility index (Phi) is 4.51. The van der Waals surface area contributed by atoms with Gasteiger partial charge in [-0.25, -0.2) is 9.78 Å². The fourth-order valence-electron chi connectivity index (χ4n) is 3.24. The molecule has 2 heterocycles. The Balaban J connectivity index is 1.71. The fraction of sp³-hybridized carbons (Fsp3) is 0.500. The Morgan fingerprint density at radius 2 is 1.78 bits per heavy atom. The van der Waals surface area contributed by atoms with Gasteiger partial charge in [-0.3, -0.25) is 0 Å². The zero-order chi connectivity index (χ0) is 19.0. The maximum atomic E-state index is 11.3. The lowest BCUT2D eigenvalue weighted by molar-refractivity contribution is 0.204. The molecule has 0 spiro atoms. The van der Waals surface area contributed by atoms with Crippen LogP contribution in [-0.2, 0) is 0 Å². The number of hydrogen-bond donors (Lipinski definition) is 2. The molecule has 0 bridgehead atoms. The van der Waals surface area contributed by atoms with Gasteiger partial charge in [0.05, 0.1) is 19.7 Å². The molecule has 1 saturated heterocycles. The van der Waals surface area contributed by atoms with E-state index < -0.39 is 0 Å². The Morgan fingerprint density at radius 1 is 1.11 bits per heavy atom. The van der Waals surface area contributed by atoms with E-state index in [0.29, 0.717) is 49.7 Å². The van der Waals surface area contributed by atoms with Gasteiger partial charge in [0.25, 0.3) is 0 Å². The first-order valence-electron chi connectivity index (χ1n) is 9.08. The summed E-state index contributed by atoms with van der Waals surface area (Å²) < 4.78 is 10.9.